The first-order valence-corrected chi connectivity index (χ1v) is 8.74. The first-order valence-electron chi connectivity index (χ1n) is 8.31. The molecule has 0 spiro atoms. The van der Waals surface area contributed by atoms with Gasteiger partial charge in [0.05, 0.1) is 11.8 Å². The lowest BCUT2D eigenvalue weighted by Crippen LogP contribution is -2.39. The highest BCUT2D eigenvalue weighted by Crippen LogP contribution is 2.40. The number of amides is 1. The molecule has 1 aliphatic heterocycles. The molecule has 0 saturated carbocycles. The minimum Gasteiger partial charge on any atom is -0.481 e. The Morgan fingerprint density at radius 1 is 1.36 bits per heavy atom. The molecule has 3 atom stereocenters. The number of allylic oxidation sites excluding steroid dienone is 2. The normalized spacial score (nSPS) is 26.4. The van der Waals surface area contributed by atoms with Crippen molar-refractivity contribution in [3.05, 3.63) is 59.3 Å². The highest BCUT2D eigenvalue weighted by molar-refractivity contribution is 6.22. The third kappa shape index (κ3) is 3.62. The molecule has 5 nitrogen and oxygen atoms in total. The van der Waals surface area contributed by atoms with Crippen LogP contribution in [0, 0.1) is 0 Å². The minimum atomic E-state index is -1.07. The number of rotatable bonds is 4. The Morgan fingerprint density at radius 2 is 2.08 bits per heavy atom. The molecule has 25 heavy (non-hydrogen) atoms. The Labute approximate surface area is 151 Å². The van der Waals surface area contributed by atoms with Crippen molar-refractivity contribution in [2.24, 2.45) is 0 Å². The summed E-state index contributed by atoms with van der Waals surface area (Å²) < 4.78 is 6.03. The van der Waals surface area contributed by atoms with Crippen molar-refractivity contribution >= 4 is 23.5 Å². The van der Waals surface area contributed by atoms with Crippen molar-refractivity contribution in [3.63, 3.8) is 0 Å². The van der Waals surface area contributed by atoms with Crippen LogP contribution in [0.4, 0.5) is 0 Å². The molecule has 0 aromatic heterocycles. The molecule has 1 N–H and O–H groups in total. The number of hydrogen-bond donors (Lipinski definition) is 1. The van der Waals surface area contributed by atoms with E-state index in [2.05, 4.69) is 0 Å². The highest BCUT2D eigenvalue weighted by Gasteiger charge is 2.39. The van der Waals surface area contributed by atoms with E-state index in [1.165, 1.54) is 0 Å². The second kappa shape index (κ2) is 7.42. The van der Waals surface area contributed by atoms with Crippen LogP contribution < -0.4 is 0 Å². The Bertz CT molecular complexity index is 728. The van der Waals surface area contributed by atoms with Crippen molar-refractivity contribution in [1.82, 2.24) is 4.90 Å². The molecule has 1 aromatic carbocycles. The number of fused-ring (bicyclic) bond motifs is 1. The van der Waals surface area contributed by atoms with Crippen molar-refractivity contribution in [1.29, 1.82) is 0 Å². The van der Waals surface area contributed by atoms with Gasteiger partial charge in [0.2, 0.25) is 0 Å². The number of aliphatic carboxylic acids is 1. The average Bonchev–Trinajstić information content (AvgIpc) is 2.70. The topological polar surface area (TPSA) is 66.8 Å². The quantitative estimate of drug-likeness (QED) is 0.836. The Kier molecular flexibility index (Phi) is 5.25. The lowest BCUT2D eigenvalue weighted by Gasteiger charge is -2.28. The van der Waals surface area contributed by atoms with Gasteiger partial charge in [-0.2, -0.15) is 0 Å². The Hall–Kier alpha value is -2.11. The second-order valence-corrected chi connectivity index (χ2v) is 6.62. The van der Waals surface area contributed by atoms with Crippen LogP contribution in [0.3, 0.4) is 0 Å². The molecule has 1 fully saturated rings. The van der Waals surface area contributed by atoms with Gasteiger partial charge >= 0.3 is 5.97 Å². The van der Waals surface area contributed by atoms with Gasteiger partial charge in [0.25, 0.3) is 5.91 Å². The number of carboxylic acid groups (broad SMARTS) is 1. The van der Waals surface area contributed by atoms with Gasteiger partial charge in [-0.25, -0.2) is 0 Å². The van der Waals surface area contributed by atoms with Gasteiger partial charge in [0, 0.05) is 17.8 Å². The summed E-state index contributed by atoms with van der Waals surface area (Å²) in [6, 6.07) is 9.49. The van der Waals surface area contributed by atoms with Crippen molar-refractivity contribution in [3.8, 4) is 0 Å². The average molecular weight is 362 g/mol. The molecule has 0 unspecified atom stereocenters. The van der Waals surface area contributed by atoms with E-state index in [4.69, 9.17) is 16.3 Å². The van der Waals surface area contributed by atoms with Crippen LogP contribution in [0.25, 0.3) is 0 Å². The summed E-state index contributed by atoms with van der Waals surface area (Å²) in [6.45, 7) is 2.31. The number of benzene rings is 1. The van der Waals surface area contributed by atoms with Crippen LogP contribution in [0.5, 0.6) is 0 Å². The molecule has 3 rings (SSSR count). The summed E-state index contributed by atoms with van der Waals surface area (Å²) in [5.74, 6) is -1.39. The van der Waals surface area contributed by atoms with Crippen molar-refractivity contribution in [2.45, 2.75) is 37.4 Å². The number of ether oxygens (including phenoxy) is 1. The predicted molar refractivity (Wildman–Crippen MR) is 94.1 cm³/mol. The van der Waals surface area contributed by atoms with Crippen LogP contribution in [0.15, 0.2) is 53.8 Å². The summed E-state index contributed by atoms with van der Waals surface area (Å²) >= 11 is 6.32. The predicted octanol–water partition coefficient (Wildman–Crippen LogP) is 3.27. The number of carbonyl (C=O) groups is 2. The molecule has 1 saturated heterocycles. The number of nitrogens with zero attached hydrogens (tertiary/aromatic N) is 1. The van der Waals surface area contributed by atoms with E-state index in [-0.39, 0.29) is 17.7 Å². The van der Waals surface area contributed by atoms with Crippen molar-refractivity contribution in [2.75, 3.05) is 6.54 Å². The zero-order valence-corrected chi connectivity index (χ0v) is 14.6. The maximum atomic E-state index is 12.9. The monoisotopic (exact) mass is 361 g/mol. The molecule has 1 heterocycles. The van der Waals surface area contributed by atoms with E-state index < -0.39 is 18.2 Å². The van der Waals surface area contributed by atoms with Crippen LogP contribution in [-0.2, 0) is 14.3 Å². The number of carbonyl (C=O) groups excluding carboxylic acids is 1. The summed E-state index contributed by atoms with van der Waals surface area (Å²) in [5, 5.41) is 9.01. The lowest BCUT2D eigenvalue weighted by atomic mass is 9.93. The molecule has 1 aromatic rings. The lowest BCUT2D eigenvalue weighted by molar-refractivity contribution is -0.151. The Balaban J connectivity index is 2.10. The summed E-state index contributed by atoms with van der Waals surface area (Å²) in [6.07, 6.45) is 2.53. The molecular weight excluding hydrogens is 342 g/mol. The standard InChI is InChI=1S/C19H20ClNO4/c1-2-21-15-9-8-13(20)10-14(15)18(12-6-4-3-5-7-12)25-16(19(21)24)11-17(22)23/h3-7,9-10,13,16,18H,2,8,11H2,1H3,(H,22,23)/t13-,16-,18-/m0/s1. The van der Waals surface area contributed by atoms with E-state index in [0.717, 1.165) is 16.8 Å². The first kappa shape index (κ1) is 17.7. The second-order valence-electron chi connectivity index (χ2n) is 6.06. The van der Waals surface area contributed by atoms with Gasteiger partial charge in [0.1, 0.15) is 12.2 Å². The molecule has 2 aliphatic rings. The largest absolute Gasteiger partial charge is 0.481 e. The van der Waals surface area contributed by atoms with Crippen LogP contribution in [-0.4, -0.2) is 39.9 Å². The maximum absolute atomic E-state index is 12.9. The number of carboxylic acids is 1. The maximum Gasteiger partial charge on any atom is 0.306 e. The van der Waals surface area contributed by atoms with E-state index >= 15 is 0 Å². The van der Waals surface area contributed by atoms with E-state index in [1.54, 1.807) is 4.90 Å². The number of hydrogen-bond acceptors (Lipinski definition) is 3. The van der Waals surface area contributed by atoms with Crippen LogP contribution >= 0.6 is 11.6 Å². The van der Waals surface area contributed by atoms with E-state index in [1.807, 2.05) is 49.4 Å². The summed E-state index contributed by atoms with van der Waals surface area (Å²) in [7, 11) is 0. The van der Waals surface area contributed by atoms with Gasteiger partial charge in [0.15, 0.2) is 0 Å². The first-order chi connectivity index (χ1) is 12.0. The van der Waals surface area contributed by atoms with Gasteiger partial charge in [-0.1, -0.05) is 42.5 Å². The molecule has 6 heteroatoms. The van der Waals surface area contributed by atoms with E-state index in [9.17, 15) is 14.7 Å². The summed E-state index contributed by atoms with van der Waals surface area (Å²) in [4.78, 5) is 25.7. The third-order valence-corrected chi connectivity index (χ3v) is 4.69. The number of alkyl halides is 1. The fourth-order valence-corrected chi connectivity index (χ4v) is 3.50. The van der Waals surface area contributed by atoms with Gasteiger partial charge in [-0.05, 0) is 18.9 Å². The molecule has 0 radical (unpaired) electrons. The fraction of sp³-hybridized carbons (Fsp3) is 0.368. The smallest absolute Gasteiger partial charge is 0.306 e. The van der Waals surface area contributed by atoms with Gasteiger partial charge < -0.3 is 14.7 Å². The van der Waals surface area contributed by atoms with Crippen LogP contribution in [0.1, 0.15) is 31.4 Å². The van der Waals surface area contributed by atoms with Gasteiger partial charge in [-0.3, -0.25) is 9.59 Å². The van der Waals surface area contributed by atoms with E-state index in [0.29, 0.717) is 13.0 Å². The zero-order chi connectivity index (χ0) is 18.0. The van der Waals surface area contributed by atoms with Gasteiger partial charge in [-0.15, -0.1) is 11.6 Å². The minimum absolute atomic E-state index is 0.182. The summed E-state index contributed by atoms with van der Waals surface area (Å²) in [5.41, 5.74) is 2.46. The molecule has 1 aliphatic carbocycles. The molecule has 1 amide bonds. The number of likely N-dealkylation sites (N-methyl/N-ethyl adjacent to an activating group) is 1. The number of halogens is 1. The SMILES string of the molecule is CCN1C(=O)[C@H](CC(=O)O)O[C@@H](c2ccccc2)C2=C[C@@H](Cl)CC=C21. The molecule has 132 valence electrons. The third-order valence-electron chi connectivity index (χ3n) is 4.39. The Morgan fingerprint density at radius 3 is 2.72 bits per heavy atom. The fourth-order valence-electron chi connectivity index (χ4n) is 3.27. The van der Waals surface area contributed by atoms with Crippen molar-refractivity contribution < 1.29 is 19.4 Å². The molecule has 0 bridgehead atoms. The zero-order valence-electron chi connectivity index (χ0n) is 13.9. The highest BCUT2D eigenvalue weighted by atomic mass is 35.5. The van der Waals surface area contributed by atoms with Crippen LogP contribution in [0.2, 0.25) is 0 Å². The molecular formula is C19H20ClNO4.